The molecule has 0 amide bonds. The summed E-state index contributed by atoms with van der Waals surface area (Å²) in [4.78, 5) is 0.293. The first-order valence-corrected chi connectivity index (χ1v) is 10.7. The van der Waals surface area contributed by atoms with E-state index < -0.39 is 10.0 Å². The molecule has 0 aliphatic rings. The first-order chi connectivity index (χ1) is 11.4. The van der Waals surface area contributed by atoms with Crippen LogP contribution in [0.5, 0.6) is 0 Å². The molecule has 0 bridgehead atoms. The van der Waals surface area contributed by atoms with Crippen molar-refractivity contribution in [3.63, 3.8) is 0 Å². The van der Waals surface area contributed by atoms with E-state index in [0.717, 1.165) is 21.2 Å². The number of hydrogen-bond donors (Lipinski definition) is 0. The number of halogens is 1. The van der Waals surface area contributed by atoms with Gasteiger partial charge in [-0.05, 0) is 49.1 Å². The number of aryl methyl sites for hydroxylation is 1. The first-order valence-electron chi connectivity index (χ1n) is 7.26. The highest BCUT2D eigenvalue weighted by atomic mass is 79.9. The van der Waals surface area contributed by atoms with E-state index in [-0.39, 0.29) is 0 Å². The average molecular weight is 422 g/mol. The van der Waals surface area contributed by atoms with E-state index >= 15 is 0 Å². The molecule has 0 atom stereocenters. The molecular weight excluding hydrogens is 406 g/mol. The van der Waals surface area contributed by atoms with Crippen LogP contribution in [0.1, 0.15) is 5.56 Å². The predicted octanol–water partition coefficient (Wildman–Crippen LogP) is 5.18. The molecule has 1 heterocycles. The number of nitrogens with zero attached hydrogens (tertiary/aromatic N) is 1. The van der Waals surface area contributed by atoms with Crippen LogP contribution in [0.4, 0.5) is 0 Å². The molecule has 6 heteroatoms. The largest absolute Gasteiger partial charge is 0.268 e. The summed E-state index contributed by atoms with van der Waals surface area (Å²) >= 11 is 4.83. The van der Waals surface area contributed by atoms with Crippen LogP contribution >= 0.6 is 27.7 Å². The number of rotatable bonds is 4. The summed E-state index contributed by atoms with van der Waals surface area (Å²) < 4.78 is 28.3. The van der Waals surface area contributed by atoms with E-state index in [1.807, 2.05) is 55.6 Å². The zero-order chi connectivity index (χ0) is 17.3. The zero-order valence-electron chi connectivity index (χ0n) is 13.2. The molecule has 3 rings (SSSR count). The van der Waals surface area contributed by atoms with Crippen LogP contribution in [0.25, 0.3) is 11.1 Å². The van der Waals surface area contributed by atoms with Gasteiger partial charge in [-0.2, -0.15) is 0 Å². The Kier molecular flexibility index (Phi) is 4.90. The molecular formula is C18H16BrNO2S2. The Hall–Kier alpha value is -1.50. The fourth-order valence-corrected chi connectivity index (χ4v) is 4.89. The number of hydrogen-bond acceptors (Lipinski definition) is 3. The lowest BCUT2D eigenvalue weighted by molar-refractivity contribution is 0.583. The van der Waals surface area contributed by atoms with Gasteiger partial charge >= 0.3 is 0 Å². The summed E-state index contributed by atoms with van der Waals surface area (Å²) in [5.41, 5.74) is 2.89. The third kappa shape index (κ3) is 3.31. The number of aromatic nitrogens is 1. The van der Waals surface area contributed by atoms with Crippen LogP contribution in [0, 0.1) is 6.92 Å². The van der Waals surface area contributed by atoms with E-state index in [1.165, 1.54) is 15.7 Å². The van der Waals surface area contributed by atoms with Crippen LogP contribution < -0.4 is 0 Å². The molecule has 0 aliphatic heterocycles. The molecule has 0 unspecified atom stereocenters. The quantitative estimate of drug-likeness (QED) is 0.544. The zero-order valence-corrected chi connectivity index (χ0v) is 16.5. The third-order valence-electron chi connectivity index (χ3n) is 3.72. The van der Waals surface area contributed by atoms with Gasteiger partial charge in [-0.3, -0.25) is 0 Å². The highest BCUT2D eigenvalue weighted by Gasteiger charge is 2.21. The maximum atomic E-state index is 13.0. The lowest BCUT2D eigenvalue weighted by Crippen LogP contribution is -2.12. The number of thioether (sulfide) groups is 1. The Labute approximate surface area is 154 Å². The van der Waals surface area contributed by atoms with Crippen molar-refractivity contribution in [3.8, 4) is 11.1 Å². The van der Waals surface area contributed by atoms with Crippen LogP contribution in [0.15, 0.2) is 75.2 Å². The van der Waals surface area contributed by atoms with Crippen molar-refractivity contribution < 1.29 is 8.42 Å². The SMILES string of the molecule is CSc1cc(-c2ccc(Br)cc2)cn1S(=O)(=O)c1ccc(C)cc1. The normalized spacial score (nSPS) is 11.6. The molecule has 124 valence electrons. The van der Waals surface area contributed by atoms with Gasteiger partial charge in [-0.1, -0.05) is 45.8 Å². The fraction of sp³-hybridized carbons (Fsp3) is 0.111. The Morgan fingerprint density at radius 1 is 0.958 bits per heavy atom. The van der Waals surface area contributed by atoms with E-state index in [1.54, 1.807) is 18.3 Å². The second-order valence-electron chi connectivity index (χ2n) is 5.39. The molecule has 0 saturated heterocycles. The van der Waals surface area contributed by atoms with Crippen molar-refractivity contribution in [2.75, 3.05) is 6.26 Å². The second kappa shape index (κ2) is 6.78. The molecule has 0 aliphatic carbocycles. The van der Waals surface area contributed by atoms with E-state index in [0.29, 0.717) is 9.92 Å². The Bertz CT molecular complexity index is 959. The van der Waals surface area contributed by atoms with Gasteiger partial charge in [0.15, 0.2) is 0 Å². The lowest BCUT2D eigenvalue weighted by atomic mass is 10.1. The van der Waals surface area contributed by atoms with E-state index in [2.05, 4.69) is 15.9 Å². The second-order valence-corrected chi connectivity index (χ2v) is 8.95. The Balaban J connectivity index is 2.10. The standard InChI is InChI=1S/C18H16BrNO2S2/c1-13-3-9-17(10-4-13)24(21,22)20-12-15(11-18(20)23-2)14-5-7-16(19)8-6-14/h3-12H,1-2H3. The maximum absolute atomic E-state index is 13.0. The predicted molar refractivity (Wildman–Crippen MR) is 103 cm³/mol. The molecule has 0 N–H and O–H groups in total. The van der Waals surface area contributed by atoms with Gasteiger partial charge in [0.2, 0.25) is 0 Å². The van der Waals surface area contributed by atoms with E-state index in [4.69, 9.17) is 0 Å². The van der Waals surface area contributed by atoms with Crippen molar-refractivity contribution in [2.45, 2.75) is 16.8 Å². The average Bonchev–Trinajstić information content (AvgIpc) is 3.01. The molecule has 3 aromatic rings. The topological polar surface area (TPSA) is 39.1 Å². The summed E-state index contributed by atoms with van der Waals surface area (Å²) in [5, 5.41) is 0.688. The third-order valence-corrected chi connectivity index (χ3v) is 6.78. The van der Waals surface area contributed by atoms with Crippen LogP contribution in [-0.4, -0.2) is 18.6 Å². The molecule has 0 fully saturated rings. The highest BCUT2D eigenvalue weighted by Crippen LogP contribution is 2.31. The van der Waals surface area contributed by atoms with Crippen molar-refractivity contribution in [1.82, 2.24) is 3.97 Å². The van der Waals surface area contributed by atoms with Crippen molar-refractivity contribution in [2.24, 2.45) is 0 Å². The van der Waals surface area contributed by atoms with Crippen molar-refractivity contribution >= 4 is 37.7 Å². The molecule has 3 nitrogen and oxygen atoms in total. The highest BCUT2D eigenvalue weighted by molar-refractivity contribution is 9.10. The summed E-state index contributed by atoms with van der Waals surface area (Å²) in [6.07, 6.45) is 3.56. The maximum Gasteiger partial charge on any atom is 0.268 e. The lowest BCUT2D eigenvalue weighted by Gasteiger charge is -2.09. The van der Waals surface area contributed by atoms with Crippen molar-refractivity contribution in [3.05, 3.63) is 70.8 Å². The minimum atomic E-state index is -3.61. The fourth-order valence-electron chi connectivity index (χ4n) is 2.38. The van der Waals surface area contributed by atoms with Gasteiger partial charge in [0.1, 0.15) is 0 Å². The minimum absolute atomic E-state index is 0.293. The van der Waals surface area contributed by atoms with Gasteiger partial charge in [0, 0.05) is 16.2 Å². The Morgan fingerprint density at radius 2 is 1.58 bits per heavy atom. The molecule has 1 aromatic heterocycles. The minimum Gasteiger partial charge on any atom is -0.235 e. The molecule has 24 heavy (non-hydrogen) atoms. The Morgan fingerprint density at radius 3 is 2.17 bits per heavy atom. The first kappa shape index (κ1) is 17.3. The summed E-state index contributed by atoms with van der Waals surface area (Å²) in [6.45, 7) is 1.94. The van der Waals surface area contributed by atoms with Crippen LogP contribution in [0.3, 0.4) is 0 Å². The molecule has 0 radical (unpaired) electrons. The molecule has 0 saturated carbocycles. The van der Waals surface area contributed by atoms with Gasteiger partial charge in [-0.15, -0.1) is 11.8 Å². The monoisotopic (exact) mass is 421 g/mol. The van der Waals surface area contributed by atoms with Gasteiger partial charge < -0.3 is 0 Å². The molecule has 0 spiro atoms. The van der Waals surface area contributed by atoms with Crippen LogP contribution in [0.2, 0.25) is 0 Å². The van der Waals surface area contributed by atoms with E-state index in [9.17, 15) is 8.42 Å². The van der Waals surface area contributed by atoms with Gasteiger partial charge in [0.05, 0.1) is 9.92 Å². The van der Waals surface area contributed by atoms with Gasteiger partial charge in [0.25, 0.3) is 10.0 Å². The number of benzene rings is 2. The summed E-state index contributed by atoms with van der Waals surface area (Å²) in [7, 11) is -3.61. The molecule has 2 aromatic carbocycles. The van der Waals surface area contributed by atoms with Crippen LogP contribution in [-0.2, 0) is 10.0 Å². The van der Waals surface area contributed by atoms with Crippen molar-refractivity contribution in [1.29, 1.82) is 0 Å². The summed E-state index contributed by atoms with van der Waals surface area (Å²) in [5.74, 6) is 0. The smallest absolute Gasteiger partial charge is 0.235 e. The summed E-state index contributed by atoms with van der Waals surface area (Å²) in [6, 6.07) is 16.6. The van der Waals surface area contributed by atoms with Gasteiger partial charge in [-0.25, -0.2) is 12.4 Å².